The Kier molecular flexibility index (Phi) is 7.91. The van der Waals surface area contributed by atoms with Crippen molar-refractivity contribution >= 4 is 17.7 Å². The minimum absolute atomic E-state index is 0.0569. The standard InChI is InChI=1S/C24H32N4OS/c1-5-10-21(23(29)25-20-15-13-18(14-16-20)17(3)4)30-24-27-26-22(28(24)6-2)19-11-8-7-9-12-19/h7-9,11-13,15,17,21H,5-6,10,14,16H2,1-4H3,(H,25,29). The van der Waals surface area contributed by atoms with Crippen molar-refractivity contribution in [2.45, 2.75) is 70.3 Å². The fourth-order valence-electron chi connectivity index (χ4n) is 3.57. The molecule has 1 aromatic carbocycles. The van der Waals surface area contributed by atoms with E-state index in [4.69, 9.17) is 0 Å². The number of allylic oxidation sites excluding steroid dienone is 4. The van der Waals surface area contributed by atoms with Crippen LogP contribution in [-0.2, 0) is 11.3 Å². The molecule has 30 heavy (non-hydrogen) atoms. The molecule has 1 aromatic heterocycles. The number of hydrogen-bond acceptors (Lipinski definition) is 4. The zero-order valence-corrected chi connectivity index (χ0v) is 19.2. The lowest BCUT2D eigenvalue weighted by atomic mass is 9.93. The molecule has 5 nitrogen and oxygen atoms in total. The predicted octanol–water partition coefficient (Wildman–Crippen LogP) is 5.60. The minimum Gasteiger partial charge on any atom is -0.329 e. The molecule has 1 heterocycles. The van der Waals surface area contributed by atoms with Gasteiger partial charge in [0.2, 0.25) is 5.91 Å². The average Bonchev–Trinajstić information content (AvgIpc) is 3.17. The second-order valence-corrected chi connectivity index (χ2v) is 9.06. The van der Waals surface area contributed by atoms with Crippen LogP contribution in [0.25, 0.3) is 11.4 Å². The fraction of sp³-hybridized carbons (Fsp3) is 0.458. The summed E-state index contributed by atoms with van der Waals surface area (Å²) in [6.07, 6.45) is 7.86. The molecule has 2 aromatic rings. The zero-order chi connectivity index (χ0) is 21.5. The van der Waals surface area contributed by atoms with Gasteiger partial charge in [-0.2, -0.15) is 0 Å². The van der Waals surface area contributed by atoms with Crippen LogP contribution in [0.1, 0.15) is 53.4 Å². The van der Waals surface area contributed by atoms with Crippen molar-refractivity contribution in [2.75, 3.05) is 0 Å². The van der Waals surface area contributed by atoms with Gasteiger partial charge >= 0.3 is 0 Å². The number of carbonyl (C=O) groups is 1. The molecule has 6 heteroatoms. The third kappa shape index (κ3) is 5.42. The maximum Gasteiger partial charge on any atom is 0.237 e. The molecule has 0 saturated heterocycles. The molecular formula is C24H32N4OS. The number of benzene rings is 1. The van der Waals surface area contributed by atoms with Crippen LogP contribution in [0, 0.1) is 5.92 Å². The second kappa shape index (κ2) is 10.6. The van der Waals surface area contributed by atoms with E-state index in [-0.39, 0.29) is 11.2 Å². The molecule has 1 aliphatic carbocycles. The summed E-state index contributed by atoms with van der Waals surface area (Å²) in [5.41, 5.74) is 3.49. The van der Waals surface area contributed by atoms with Crippen LogP contribution in [0.3, 0.4) is 0 Å². The van der Waals surface area contributed by atoms with Crippen LogP contribution in [-0.4, -0.2) is 25.9 Å². The summed E-state index contributed by atoms with van der Waals surface area (Å²) in [7, 11) is 0. The normalized spacial score (nSPS) is 15.0. The topological polar surface area (TPSA) is 59.8 Å². The minimum atomic E-state index is -0.190. The van der Waals surface area contributed by atoms with E-state index >= 15 is 0 Å². The Hall–Kier alpha value is -2.34. The third-order valence-electron chi connectivity index (χ3n) is 5.36. The van der Waals surface area contributed by atoms with E-state index in [2.05, 4.69) is 59.9 Å². The molecule has 160 valence electrons. The van der Waals surface area contributed by atoms with Gasteiger partial charge in [-0.25, -0.2) is 0 Å². The van der Waals surface area contributed by atoms with E-state index in [1.165, 1.54) is 17.3 Å². The summed E-state index contributed by atoms with van der Waals surface area (Å²) in [5, 5.41) is 12.6. The molecule has 0 aliphatic heterocycles. The van der Waals surface area contributed by atoms with E-state index in [0.29, 0.717) is 5.92 Å². The largest absolute Gasteiger partial charge is 0.329 e. The van der Waals surface area contributed by atoms with Gasteiger partial charge in [0.1, 0.15) is 0 Å². The van der Waals surface area contributed by atoms with E-state index < -0.39 is 0 Å². The van der Waals surface area contributed by atoms with Gasteiger partial charge in [0.05, 0.1) is 5.25 Å². The number of aromatic nitrogens is 3. The Morgan fingerprint density at radius 1 is 1.13 bits per heavy atom. The van der Waals surface area contributed by atoms with E-state index in [1.54, 1.807) is 0 Å². The number of nitrogens with one attached hydrogen (secondary N) is 1. The van der Waals surface area contributed by atoms with Gasteiger partial charge < -0.3 is 9.88 Å². The molecule has 3 rings (SSSR count). The Morgan fingerprint density at radius 2 is 1.90 bits per heavy atom. The highest BCUT2D eigenvalue weighted by molar-refractivity contribution is 8.00. The van der Waals surface area contributed by atoms with Crippen LogP contribution in [0.5, 0.6) is 0 Å². The monoisotopic (exact) mass is 424 g/mol. The summed E-state index contributed by atoms with van der Waals surface area (Å²) in [6, 6.07) is 10.1. The van der Waals surface area contributed by atoms with Gasteiger partial charge in [-0.3, -0.25) is 4.79 Å². The molecular weight excluding hydrogens is 392 g/mol. The summed E-state index contributed by atoms with van der Waals surface area (Å²) >= 11 is 1.52. The van der Waals surface area contributed by atoms with E-state index in [1.807, 2.05) is 30.3 Å². The van der Waals surface area contributed by atoms with E-state index in [0.717, 1.165) is 54.5 Å². The number of thioether (sulfide) groups is 1. The number of amides is 1. The lowest BCUT2D eigenvalue weighted by Gasteiger charge is -2.20. The first kappa shape index (κ1) is 22.3. The lowest BCUT2D eigenvalue weighted by molar-refractivity contribution is -0.120. The molecule has 1 unspecified atom stereocenters. The second-order valence-electron chi connectivity index (χ2n) is 7.89. The smallest absolute Gasteiger partial charge is 0.237 e. The van der Waals surface area contributed by atoms with Crippen molar-refractivity contribution in [1.82, 2.24) is 20.1 Å². The molecule has 1 aliphatic rings. The highest BCUT2D eigenvalue weighted by Crippen LogP contribution is 2.30. The molecule has 0 spiro atoms. The molecule has 0 radical (unpaired) electrons. The fourth-order valence-corrected chi connectivity index (χ4v) is 4.78. The van der Waals surface area contributed by atoms with Gasteiger partial charge in [-0.1, -0.05) is 80.9 Å². The Labute approximate surface area is 184 Å². The molecule has 1 amide bonds. The quantitative estimate of drug-likeness (QED) is 0.532. The van der Waals surface area contributed by atoms with Gasteiger partial charge in [0, 0.05) is 17.8 Å². The van der Waals surface area contributed by atoms with Crippen LogP contribution < -0.4 is 5.32 Å². The lowest BCUT2D eigenvalue weighted by Crippen LogP contribution is -2.33. The zero-order valence-electron chi connectivity index (χ0n) is 18.4. The van der Waals surface area contributed by atoms with Crippen molar-refractivity contribution in [2.24, 2.45) is 5.92 Å². The predicted molar refractivity (Wildman–Crippen MR) is 124 cm³/mol. The maximum absolute atomic E-state index is 13.0. The summed E-state index contributed by atoms with van der Waals surface area (Å²) < 4.78 is 2.09. The molecule has 1 atom stereocenters. The van der Waals surface area contributed by atoms with Gasteiger partial charge in [0.25, 0.3) is 0 Å². The number of carbonyl (C=O) groups excluding carboxylic acids is 1. The molecule has 0 fully saturated rings. The van der Waals surface area contributed by atoms with Crippen molar-refractivity contribution < 1.29 is 4.79 Å². The SMILES string of the molecule is CCCC(Sc1nnc(-c2ccccc2)n1CC)C(=O)NC1=CC=C(C(C)C)CC1. The summed E-state index contributed by atoms with van der Waals surface area (Å²) in [4.78, 5) is 13.0. The van der Waals surface area contributed by atoms with Crippen molar-refractivity contribution in [3.8, 4) is 11.4 Å². The maximum atomic E-state index is 13.0. The van der Waals surface area contributed by atoms with Gasteiger partial charge in [-0.05, 0) is 38.2 Å². The first-order chi connectivity index (χ1) is 14.5. The van der Waals surface area contributed by atoms with Crippen molar-refractivity contribution in [1.29, 1.82) is 0 Å². The Balaban J connectivity index is 1.74. The van der Waals surface area contributed by atoms with E-state index in [9.17, 15) is 4.79 Å². The van der Waals surface area contributed by atoms with Crippen LogP contribution >= 0.6 is 11.8 Å². The van der Waals surface area contributed by atoms with Crippen LogP contribution in [0.15, 0.2) is 58.9 Å². The molecule has 0 saturated carbocycles. The average molecular weight is 425 g/mol. The number of rotatable bonds is 9. The van der Waals surface area contributed by atoms with Crippen LogP contribution in [0.4, 0.5) is 0 Å². The molecule has 1 N–H and O–H groups in total. The Bertz CT molecular complexity index is 915. The first-order valence-corrected chi connectivity index (χ1v) is 11.8. The number of nitrogens with zero attached hydrogens (tertiary/aromatic N) is 3. The third-order valence-corrected chi connectivity index (χ3v) is 6.61. The summed E-state index contributed by atoms with van der Waals surface area (Å²) in [5.74, 6) is 1.46. The Morgan fingerprint density at radius 3 is 2.50 bits per heavy atom. The molecule has 0 bridgehead atoms. The van der Waals surface area contributed by atoms with Crippen molar-refractivity contribution in [3.63, 3.8) is 0 Å². The van der Waals surface area contributed by atoms with Crippen molar-refractivity contribution in [3.05, 3.63) is 53.8 Å². The van der Waals surface area contributed by atoms with Gasteiger partial charge in [0.15, 0.2) is 11.0 Å². The first-order valence-electron chi connectivity index (χ1n) is 10.9. The van der Waals surface area contributed by atoms with Crippen LogP contribution in [0.2, 0.25) is 0 Å². The highest BCUT2D eigenvalue weighted by atomic mass is 32.2. The highest BCUT2D eigenvalue weighted by Gasteiger charge is 2.24. The van der Waals surface area contributed by atoms with Gasteiger partial charge in [-0.15, -0.1) is 10.2 Å². The summed E-state index contributed by atoms with van der Waals surface area (Å²) in [6.45, 7) is 9.38. The number of hydrogen-bond donors (Lipinski definition) is 1.